The highest BCUT2D eigenvalue weighted by Crippen LogP contribution is 2.43. The van der Waals surface area contributed by atoms with Crippen LogP contribution in [0.2, 0.25) is 0 Å². The number of carbonyl (C=O) groups is 2. The molecule has 0 aliphatic rings. The molecule has 10 heteroatoms. The number of phosphoric ester groups is 1. The van der Waals surface area contributed by atoms with Crippen LogP contribution in [0.3, 0.4) is 0 Å². The van der Waals surface area contributed by atoms with Crippen LogP contribution in [-0.2, 0) is 27.9 Å². The third kappa shape index (κ3) is 66.2. The molecule has 0 aliphatic carbocycles. The summed E-state index contributed by atoms with van der Waals surface area (Å²) in [7, 11) is 1.51. The highest BCUT2D eigenvalue weighted by Gasteiger charge is 2.30. The quantitative estimate of drug-likeness (QED) is 0.0205. The maximum Gasteiger partial charge on any atom is 0.472 e. The molecular weight excluding hydrogens is 1070 g/mol. The van der Waals surface area contributed by atoms with Gasteiger partial charge in [-0.3, -0.25) is 18.6 Å². The van der Waals surface area contributed by atoms with Crippen LogP contribution in [0.25, 0.3) is 0 Å². The first-order chi connectivity index (χ1) is 41.4. The van der Waals surface area contributed by atoms with E-state index in [1.165, 1.54) is 263 Å². The molecule has 0 heterocycles. The van der Waals surface area contributed by atoms with Crippen molar-refractivity contribution >= 4 is 19.7 Å². The van der Waals surface area contributed by atoms with Gasteiger partial charge in [0.1, 0.15) is 19.3 Å². The Kier molecular flexibility index (Phi) is 63.4. The van der Waals surface area contributed by atoms with Crippen LogP contribution in [0.5, 0.6) is 0 Å². The minimum Gasteiger partial charge on any atom is -0.456 e. The second-order valence-electron chi connectivity index (χ2n) is 26.5. The van der Waals surface area contributed by atoms with Crippen LogP contribution in [0.4, 0.5) is 0 Å². The summed E-state index contributed by atoms with van der Waals surface area (Å²) in [5.74, 6) is -0.489. The standard InChI is InChI=1S/C75H143N2O7P/c1-7-10-13-16-19-22-25-27-29-31-33-35-37-38-40-41-43-45-47-49-52-55-58-61-64-67-74(78)76-72(71-83-85(80,81)82-70-69-77(4,5)6)73(66-63-60-57-54-51-24-21-18-15-12-9-3)84-75(79)68-65-62-59-56-53-50-48-46-44-42-39-36-34-32-30-28-26-23-20-17-14-11-8-2/h19,22,27,29,33,35,63,66,72-73H,7-18,20-21,23-26,28,30-32,34,36-62,64-65,67-71H2,1-6H3,(H-,76,78,80,81)/p+1/b22-19-,29-27-,35-33-,66-63+. The zero-order chi connectivity index (χ0) is 62.1. The van der Waals surface area contributed by atoms with E-state index in [0.717, 1.165) is 70.6 Å². The van der Waals surface area contributed by atoms with Crippen LogP contribution < -0.4 is 5.32 Å². The number of nitrogens with one attached hydrogen (secondary N) is 1. The predicted molar refractivity (Wildman–Crippen MR) is 369 cm³/mol. The Labute approximate surface area is 529 Å². The molecule has 0 spiro atoms. The number of nitrogens with zero attached hydrogens (tertiary/aromatic N) is 1. The van der Waals surface area contributed by atoms with Gasteiger partial charge >= 0.3 is 13.8 Å². The number of likely N-dealkylation sites (N-methyl/N-ethyl adjacent to an activating group) is 1. The van der Waals surface area contributed by atoms with E-state index >= 15 is 0 Å². The number of hydrogen-bond donors (Lipinski definition) is 2. The molecule has 0 fully saturated rings. The van der Waals surface area contributed by atoms with Gasteiger partial charge in [0.25, 0.3) is 0 Å². The largest absolute Gasteiger partial charge is 0.472 e. The molecule has 2 N–H and O–H groups in total. The van der Waals surface area contributed by atoms with Crippen molar-refractivity contribution in [1.82, 2.24) is 5.32 Å². The Hall–Kier alpha value is -2.03. The Bertz CT molecular complexity index is 1590. The number of quaternary nitrogens is 1. The fraction of sp³-hybridized carbons (Fsp3) is 0.867. The van der Waals surface area contributed by atoms with Gasteiger partial charge in [0.15, 0.2) is 0 Å². The molecule has 0 aromatic carbocycles. The first-order valence-corrected chi connectivity index (χ1v) is 38.5. The maximum atomic E-state index is 13.6. The number of phosphoric acid groups is 1. The zero-order valence-corrected chi connectivity index (χ0v) is 58.3. The number of rotatable bonds is 68. The van der Waals surface area contributed by atoms with Gasteiger partial charge in [0, 0.05) is 12.8 Å². The van der Waals surface area contributed by atoms with Crippen LogP contribution in [0, 0.1) is 0 Å². The van der Waals surface area contributed by atoms with Crippen molar-refractivity contribution in [2.45, 2.75) is 380 Å². The lowest BCUT2D eigenvalue weighted by molar-refractivity contribution is -0.870. The Morgan fingerprint density at radius 3 is 1.09 bits per heavy atom. The van der Waals surface area contributed by atoms with Crippen LogP contribution in [-0.4, -0.2) is 74.3 Å². The highest BCUT2D eigenvalue weighted by atomic mass is 31.2. The van der Waals surface area contributed by atoms with E-state index in [1.54, 1.807) is 0 Å². The predicted octanol–water partition coefficient (Wildman–Crippen LogP) is 23.6. The van der Waals surface area contributed by atoms with Crippen molar-refractivity contribution in [3.05, 3.63) is 48.6 Å². The van der Waals surface area contributed by atoms with Crippen molar-refractivity contribution in [3.63, 3.8) is 0 Å². The number of allylic oxidation sites excluding steroid dienone is 7. The molecule has 0 saturated carbocycles. The molecule has 3 atom stereocenters. The average Bonchev–Trinajstić information content (AvgIpc) is 3.64. The third-order valence-corrected chi connectivity index (χ3v) is 17.8. The van der Waals surface area contributed by atoms with Gasteiger partial charge in [0.05, 0.1) is 33.8 Å². The van der Waals surface area contributed by atoms with E-state index in [2.05, 4.69) is 62.5 Å². The first kappa shape index (κ1) is 83.0. The van der Waals surface area contributed by atoms with Crippen LogP contribution >= 0.6 is 7.82 Å². The van der Waals surface area contributed by atoms with E-state index in [1.807, 2.05) is 33.3 Å². The number of hydrogen-bond acceptors (Lipinski definition) is 6. The lowest BCUT2D eigenvalue weighted by atomic mass is 10.0. The number of esters is 1. The van der Waals surface area contributed by atoms with Crippen LogP contribution in [0.1, 0.15) is 367 Å². The van der Waals surface area contributed by atoms with Crippen molar-refractivity contribution in [3.8, 4) is 0 Å². The van der Waals surface area contributed by atoms with Gasteiger partial charge < -0.3 is 19.4 Å². The number of ether oxygens (including phenoxy) is 1. The summed E-state index contributed by atoms with van der Waals surface area (Å²) in [6, 6.07) is -0.848. The summed E-state index contributed by atoms with van der Waals surface area (Å²) < 4.78 is 30.8. The molecule has 85 heavy (non-hydrogen) atoms. The van der Waals surface area contributed by atoms with Gasteiger partial charge in [0.2, 0.25) is 5.91 Å². The summed E-state index contributed by atoms with van der Waals surface area (Å²) >= 11 is 0. The molecule has 3 unspecified atom stereocenters. The van der Waals surface area contributed by atoms with Crippen molar-refractivity contribution in [1.29, 1.82) is 0 Å². The molecular formula is C75H144N2O7P+. The smallest absolute Gasteiger partial charge is 0.456 e. The molecule has 0 aromatic rings. The summed E-state index contributed by atoms with van der Waals surface area (Å²) in [6.45, 7) is 7.04. The molecule has 0 aromatic heterocycles. The van der Waals surface area contributed by atoms with Crippen molar-refractivity contribution in [2.24, 2.45) is 0 Å². The van der Waals surface area contributed by atoms with Crippen LogP contribution in [0.15, 0.2) is 48.6 Å². The number of amides is 1. The Balaban J connectivity index is 4.96. The fourth-order valence-corrected chi connectivity index (χ4v) is 11.8. The number of unbranched alkanes of at least 4 members (excludes halogenated alkanes) is 46. The molecule has 1 amide bonds. The first-order valence-electron chi connectivity index (χ1n) is 37.0. The van der Waals surface area contributed by atoms with E-state index < -0.39 is 20.0 Å². The summed E-state index contributed by atoms with van der Waals surface area (Å²) in [5.41, 5.74) is 0. The zero-order valence-electron chi connectivity index (χ0n) is 57.4. The van der Waals surface area contributed by atoms with Crippen molar-refractivity contribution in [2.75, 3.05) is 40.9 Å². The summed E-state index contributed by atoms with van der Waals surface area (Å²) in [5, 5.41) is 3.08. The SMILES string of the molecule is CCCCC/C=C\C/C=C\C/C=C\CCCCCCCCCCCCCCC(=O)NC(COP(=O)(O)OCC[N+](C)(C)C)C(/C=C/CCCCCCCCCCC)OC(=O)CCCCCCCCCCCCCCCCCCCCCCCCC. The topological polar surface area (TPSA) is 111 Å². The van der Waals surface area contributed by atoms with Gasteiger partial charge in [-0.05, 0) is 70.3 Å². The van der Waals surface area contributed by atoms with E-state index in [0.29, 0.717) is 23.9 Å². The molecule has 500 valence electrons. The highest BCUT2D eigenvalue weighted by molar-refractivity contribution is 7.47. The van der Waals surface area contributed by atoms with E-state index in [-0.39, 0.29) is 25.1 Å². The molecule has 9 nitrogen and oxygen atoms in total. The average molecular weight is 1220 g/mol. The van der Waals surface area contributed by atoms with Gasteiger partial charge in [-0.2, -0.15) is 0 Å². The minimum absolute atomic E-state index is 0.0418. The lowest BCUT2D eigenvalue weighted by Gasteiger charge is -2.27. The summed E-state index contributed by atoms with van der Waals surface area (Å²) in [6.07, 6.45) is 82.8. The molecule has 0 aliphatic heterocycles. The fourth-order valence-electron chi connectivity index (χ4n) is 11.1. The lowest BCUT2D eigenvalue weighted by Crippen LogP contribution is -2.47. The van der Waals surface area contributed by atoms with E-state index in [9.17, 15) is 19.0 Å². The van der Waals surface area contributed by atoms with E-state index in [4.69, 9.17) is 13.8 Å². The second-order valence-corrected chi connectivity index (χ2v) is 27.9. The van der Waals surface area contributed by atoms with Gasteiger partial charge in [-0.1, -0.05) is 333 Å². The molecule has 0 radical (unpaired) electrons. The maximum absolute atomic E-state index is 13.6. The van der Waals surface area contributed by atoms with Gasteiger partial charge in [-0.15, -0.1) is 0 Å². The number of carbonyl (C=O) groups excluding carboxylic acids is 2. The Morgan fingerprint density at radius 2 is 0.718 bits per heavy atom. The van der Waals surface area contributed by atoms with Crippen molar-refractivity contribution < 1.29 is 37.3 Å². The minimum atomic E-state index is -4.45. The molecule has 0 bridgehead atoms. The monoisotopic (exact) mass is 1220 g/mol. The molecule has 0 rings (SSSR count). The van der Waals surface area contributed by atoms with Gasteiger partial charge in [-0.25, -0.2) is 4.57 Å². The Morgan fingerprint density at radius 1 is 0.412 bits per heavy atom. The second kappa shape index (κ2) is 64.9. The third-order valence-electron chi connectivity index (χ3n) is 16.8. The normalized spacial score (nSPS) is 13.7. The molecule has 0 saturated heterocycles. The summed E-state index contributed by atoms with van der Waals surface area (Å²) in [4.78, 5) is 37.9.